The van der Waals surface area contributed by atoms with Gasteiger partial charge in [0, 0.05) is 18.9 Å². The van der Waals surface area contributed by atoms with Gasteiger partial charge in [-0.25, -0.2) is 5.84 Å². The maximum atomic E-state index is 5.65. The fourth-order valence-electron chi connectivity index (χ4n) is 0.386. The lowest BCUT2D eigenvalue weighted by Gasteiger charge is -2.20. The van der Waals surface area contributed by atoms with E-state index in [0.29, 0.717) is 5.70 Å². The van der Waals surface area contributed by atoms with E-state index in [2.05, 4.69) is 0 Å². The predicted octanol–water partition coefficient (Wildman–Crippen LogP) is -0.671. The maximum Gasteiger partial charge on any atom is 0.0514 e. The van der Waals surface area contributed by atoms with Crippen LogP contribution in [0.25, 0.3) is 0 Å². The fourth-order valence-corrected chi connectivity index (χ4v) is 0.386. The van der Waals surface area contributed by atoms with E-state index < -0.39 is 5.54 Å². The number of hydrogen-bond acceptors (Lipinski definition) is 4. The first-order chi connectivity index (χ1) is 4.34. The number of hydrogen-bond donors (Lipinski definition) is 3. The zero-order valence-corrected chi connectivity index (χ0v) is 6.76. The first kappa shape index (κ1) is 9.26. The average molecular weight is 144 g/mol. The zero-order chi connectivity index (χ0) is 8.36. The highest BCUT2D eigenvalue weighted by Gasteiger charge is 2.13. The molecule has 0 bridgehead atoms. The van der Waals surface area contributed by atoms with E-state index in [-0.39, 0.29) is 0 Å². The summed E-state index contributed by atoms with van der Waals surface area (Å²) >= 11 is 0. The van der Waals surface area contributed by atoms with Gasteiger partial charge in [0.25, 0.3) is 0 Å². The number of rotatable bonds is 2. The molecule has 0 radical (unpaired) electrons. The SMILES string of the molecule is CN(N)/C=C(\N)C(C)(C)N. The summed E-state index contributed by atoms with van der Waals surface area (Å²) in [5.41, 5.74) is 11.3. The summed E-state index contributed by atoms with van der Waals surface area (Å²) < 4.78 is 0. The normalized spacial score (nSPS) is 13.5. The molecule has 60 valence electrons. The summed E-state index contributed by atoms with van der Waals surface area (Å²) in [5, 5.41) is 1.38. The van der Waals surface area contributed by atoms with Gasteiger partial charge in [-0.15, -0.1) is 0 Å². The van der Waals surface area contributed by atoms with Crippen molar-refractivity contribution in [3.8, 4) is 0 Å². The van der Waals surface area contributed by atoms with Crippen LogP contribution < -0.4 is 17.3 Å². The van der Waals surface area contributed by atoms with Crippen molar-refractivity contribution >= 4 is 0 Å². The Morgan fingerprint density at radius 3 is 2.00 bits per heavy atom. The van der Waals surface area contributed by atoms with Gasteiger partial charge in [-0.2, -0.15) is 0 Å². The Kier molecular flexibility index (Phi) is 2.68. The van der Waals surface area contributed by atoms with Crippen molar-refractivity contribution in [3.63, 3.8) is 0 Å². The molecule has 0 unspecified atom stereocenters. The Balaban J connectivity index is 4.20. The number of hydrazine groups is 1. The lowest BCUT2D eigenvalue weighted by molar-refractivity contribution is 0.464. The highest BCUT2D eigenvalue weighted by Crippen LogP contribution is 2.04. The minimum absolute atomic E-state index is 0.492. The van der Waals surface area contributed by atoms with Crippen molar-refractivity contribution < 1.29 is 0 Å². The van der Waals surface area contributed by atoms with Gasteiger partial charge in [0.05, 0.1) is 5.54 Å². The monoisotopic (exact) mass is 144 g/mol. The molecule has 0 atom stereocenters. The van der Waals surface area contributed by atoms with Crippen molar-refractivity contribution in [2.75, 3.05) is 7.05 Å². The van der Waals surface area contributed by atoms with E-state index in [9.17, 15) is 0 Å². The summed E-state index contributed by atoms with van der Waals surface area (Å²) in [5.74, 6) is 5.31. The van der Waals surface area contributed by atoms with Crippen LogP contribution in [0.4, 0.5) is 0 Å². The predicted molar refractivity (Wildman–Crippen MR) is 42.5 cm³/mol. The topological polar surface area (TPSA) is 81.3 Å². The third-order valence-corrected chi connectivity index (χ3v) is 1.09. The number of nitrogens with zero attached hydrogens (tertiary/aromatic N) is 1. The van der Waals surface area contributed by atoms with E-state index in [1.807, 2.05) is 13.8 Å². The van der Waals surface area contributed by atoms with Crippen LogP contribution in [0, 0.1) is 0 Å². The summed E-state index contributed by atoms with van der Waals surface area (Å²) in [6.07, 6.45) is 1.60. The Morgan fingerprint density at radius 2 is 1.90 bits per heavy atom. The van der Waals surface area contributed by atoms with Crippen molar-refractivity contribution in [1.29, 1.82) is 0 Å². The quantitative estimate of drug-likeness (QED) is 0.354. The molecule has 0 aromatic carbocycles. The van der Waals surface area contributed by atoms with Crippen molar-refractivity contribution in [3.05, 3.63) is 11.9 Å². The third kappa shape index (κ3) is 3.32. The summed E-state index contributed by atoms with van der Waals surface area (Å²) in [6, 6.07) is 0. The minimum Gasteiger partial charge on any atom is -0.399 e. The van der Waals surface area contributed by atoms with Crippen molar-refractivity contribution in [1.82, 2.24) is 5.01 Å². The van der Waals surface area contributed by atoms with Gasteiger partial charge in [-0.3, -0.25) is 0 Å². The van der Waals surface area contributed by atoms with E-state index >= 15 is 0 Å². The van der Waals surface area contributed by atoms with Crippen LogP contribution in [0.15, 0.2) is 11.9 Å². The Hall–Kier alpha value is -0.740. The van der Waals surface area contributed by atoms with Gasteiger partial charge in [-0.1, -0.05) is 0 Å². The van der Waals surface area contributed by atoms with Crippen LogP contribution >= 0.6 is 0 Å². The zero-order valence-electron chi connectivity index (χ0n) is 6.76. The molecule has 0 aliphatic carbocycles. The molecule has 0 saturated heterocycles. The van der Waals surface area contributed by atoms with Gasteiger partial charge >= 0.3 is 0 Å². The second-order valence-corrected chi connectivity index (χ2v) is 2.97. The van der Waals surface area contributed by atoms with Crippen LogP contribution in [0.3, 0.4) is 0 Å². The molecule has 10 heavy (non-hydrogen) atoms. The lowest BCUT2D eigenvalue weighted by Crippen LogP contribution is -2.39. The molecule has 0 saturated carbocycles. The Bertz CT molecular complexity index is 131. The molecule has 4 heteroatoms. The number of nitrogens with two attached hydrogens (primary N) is 3. The van der Waals surface area contributed by atoms with Crippen LogP contribution in [-0.2, 0) is 0 Å². The minimum atomic E-state index is -0.492. The molecule has 0 heterocycles. The van der Waals surface area contributed by atoms with Crippen LogP contribution in [0.5, 0.6) is 0 Å². The van der Waals surface area contributed by atoms with Crippen molar-refractivity contribution in [2.45, 2.75) is 19.4 Å². The molecule has 0 spiro atoms. The molecule has 0 aliphatic rings. The molecule has 4 nitrogen and oxygen atoms in total. The molecule has 0 aromatic rings. The lowest BCUT2D eigenvalue weighted by atomic mass is 10.0. The standard InChI is InChI=1S/C6H16N4/c1-6(2,8)5(7)4-10(3)9/h4H,7-9H2,1-3H3/b5-4-. The van der Waals surface area contributed by atoms with Crippen LogP contribution in [0.2, 0.25) is 0 Å². The molecule has 0 rings (SSSR count). The van der Waals surface area contributed by atoms with Gasteiger partial charge in [0.15, 0.2) is 0 Å². The van der Waals surface area contributed by atoms with Gasteiger partial charge in [-0.05, 0) is 13.8 Å². The van der Waals surface area contributed by atoms with Crippen LogP contribution in [0.1, 0.15) is 13.8 Å². The second kappa shape index (κ2) is 2.90. The van der Waals surface area contributed by atoms with Gasteiger partial charge < -0.3 is 16.5 Å². The fraction of sp³-hybridized carbons (Fsp3) is 0.667. The molecule has 0 amide bonds. The van der Waals surface area contributed by atoms with Crippen LogP contribution in [-0.4, -0.2) is 17.6 Å². The smallest absolute Gasteiger partial charge is 0.0514 e. The highest BCUT2D eigenvalue weighted by molar-refractivity contribution is 5.10. The van der Waals surface area contributed by atoms with E-state index in [0.717, 1.165) is 0 Å². The summed E-state index contributed by atoms with van der Waals surface area (Å²) in [6.45, 7) is 3.64. The Morgan fingerprint density at radius 1 is 1.50 bits per heavy atom. The molecular weight excluding hydrogens is 128 g/mol. The van der Waals surface area contributed by atoms with E-state index in [1.54, 1.807) is 13.2 Å². The largest absolute Gasteiger partial charge is 0.399 e. The molecular formula is C6H16N4. The van der Waals surface area contributed by atoms with E-state index in [1.165, 1.54) is 5.01 Å². The average Bonchev–Trinajstić information content (AvgIpc) is 1.60. The van der Waals surface area contributed by atoms with Gasteiger partial charge in [0.2, 0.25) is 0 Å². The molecule has 0 aromatic heterocycles. The molecule has 0 aliphatic heterocycles. The summed E-state index contributed by atoms with van der Waals surface area (Å²) in [7, 11) is 1.69. The molecule has 0 fully saturated rings. The first-order valence-corrected chi connectivity index (χ1v) is 3.08. The second-order valence-electron chi connectivity index (χ2n) is 2.97. The molecule has 6 N–H and O–H groups in total. The van der Waals surface area contributed by atoms with Crippen molar-refractivity contribution in [2.24, 2.45) is 17.3 Å². The third-order valence-electron chi connectivity index (χ3n) is 1.09. The van der Waals surface area contributed by atoms with Gasteiger partial charge in [0.1, 0.15) is 0 Å². The highest BCUT2D eigenvalue weighted by atomic mass is 15.4. The Labute approximate surface area is 61.6 Å². The first-order valence-electron chi connectivity index (χ1n) is 3.08. The van der Waals surface area contributed by atoms with E-state index in [4.69, 9.17) is 17.3 Å². The maximum absolute atomic E-state index is 5.65. The summed E-state index contributed by atoms with van der Waals surface area (Å²) in [4.78, 5) is 0.